The molecule has 1 N–H and O–H groups in total. The zero-order valence-corrected chi connectivity index (χ0v) is 12.3. The van der Waals surface area contributed by atoms with E-state index in [-0.39, 0.29) is 11.9 Å². The topological polar surface area (TPSA) is 35.6 Å². The summed E-state index contributed by atoms with van der Waals surface area (Å²) in [5, 5.41) is 3.29. The third-order valence-corrected chi connectivity index (χ3v) is 4.46. The van der Waals surface area contributed by atoms with E-state index in [0.29, 0.717) is 6.04 Å². The quantitative estimate of drug-likeness (QED) is 0.881. The summed E-state index contributed by atoms with van der Waals surface area (Å²) in [4.78, 5) is 17.0. The number of nitrogens with one attached hydrogen (secondary N) is 1. The van der Waals surface area contributed by atoms with Crippen molar-refractivity contribution in [3.05, 3.63) is 29.8 Å². The molecule has 2 heterocycles. The normalized spacial score (nSPS) is 23.6. The molecule has 4 nitrogen and oxygen atoms in total. The van der Waals surface area contributed by atoms with Gasteiger partial charge in [-0.25, -0.2) is 0 Å². The minimum absolute atomic E-state index is 0.0771. The molecule has 2 aliphatic rings. The van der Waals surface area contributed by atoms with Crippen LogP contribution in [0, 0.1) is 0 Å². The Morgan fingerprint density at radius 3 is 2.75 bits per heavy atom. The summed E-state index contributed by atoms with van der Waals surface area (Å²) in [6.45, 7) is 7.72. The minimum Gasteiger partial charge on any atom is -0.357 e. The van der Waals surface area contributed by atoms with E-state index in [9.17, 15) is 4.79 Å². The van der Waals surface area contributed by atoms with Gasteiger partial charge in [0.05, 0.1) is 0 Å². The lowest BCUT2D eigenvalue weighted by molar-refractivity contribution is -0.132. The molecule has 108 valence electrons. The molecule has 3 rings (SSSR count). The van der Waals surface area contributed by atoms with Crippen LogP contribution in [0.5, 0.6) is 0 Å². The van der Waals surface area contributed by atoms with Gasteiger partial charge in [-0.05, 0) is 31.9 Å². The van der Waals surface area contributed by atoms with Crippen LogP contribution in [0.3, 0.4) is 0 Å². The molecule has 1 aromatic carbocycles. The molecule has 1 saturated heterocycles. The van der Waals surface area contributed by atoms with E-state index in [1.807, 2.05) is 11.8 Å². The predicted octanol–water partition coefficient (Wildman–Crippen LogP) is 1.26. The third-order valence-electron chi connectivity index (χ3n) is 4.46. The van der Waals surface area contributed by atoms with Crippen LogP contribution in [0.1, 0.15) is 19.4 Å². The van der Waals surface area contributed by atoms with E-state index >= 15 is 0 Å². The number of benzene rings is 1. The molecule has 0 spiro atoms. The molecule has 0 aromatic heterocycles. The average Bonchev–Trinajstić information content (AvgIpc) is 2.82. The number of amides is 1. The molecular formula is C16H23N3O. The first-order chi connectivity index (χ1) is 9.68. The smallest absolute Gasteiger partial charge is 0.245 e. The van der Waals surface area contributed by atoms with E-state index in [1.54, 1.807) is 0 Å². The first kappa shape index (κ1) is 13.4. The largest absolute Gasteiger partial charge is 0.357 e. The number of nitrogens with zero attached hydrogens (tertiary/aromatic N) is 2. The molecule has 20 heavy (non-hydrogen) atoms. The number of anilines is 1. The highest BCUT2D eigenvalue weighted by molar-refractivity contribution is 5.86. The Balaban J connectivity index is 1.79. The second kappa shape index (κ2) is 5.44. The fourth-order valence-corrected chi connectivity index (χ4v) is 3.45. The maximum Gasteiger partial charge on any atom is 0.245 e. The highest BCUT2D eigenvalue weighted by Gasteiger charge is 2.34. The summed E-state index contributed by atoms with van der Waals surface area (Å²) in [7, 11) is 0. The number of carbonyl (C=O) groups excluding carboxylic acids is 1. The maximum absolute atomic E-state index is 12.7. The summed E-state index contributed by atoms with van der Waals surface area (Å²) < 4.78 is 0. The van der Waals surface area contributed by atoms with Crippen molar-refractivity contribution >= 4 is 11.6 Å². The van der Waals surface area contributed by atoms with E-state index in [0.717, 1.165) is 32.6 Å². The van der Waals surface area contributed by atoms with Gasteiger partial charge in [-0.1, -0.05) is 18.2 Å². The van der Waals surface area contributed by atoms with E-state index in [4.69, 9.17) is 0 Å². The van der Waals surface area contributed by atoms with Crippen LogP contribution >= 0.6 is 0 Å². The predicted molar refractivity (Wildman–Crippen MR) is 81.0 cm³/mol. The van der Waals surface area contributed by atoms with Gasteiger partial charge in [0.25, 0.3) is 0 Å². The summed E-state index contributed by atoms with van der Waals surface area (Å²) in [6.07, 6.45) is 1.04. The Morgan fingerprint density at radius 1 is 1.30 bits per heavy atom. The van der Waals surface area contributed by atoms with Crippen molar-refractivity contribution in [2.24, 2.45) is 0 Å². The molecule has 1 fully saturated rings. The fourth-order valence-electron chi connectivity index (χ4n) is 3.45. The average molecular weight is 273 g/mol. The number of carbonyl (C=O) groups is 1. The third kappa shape index (κ3) is 2.29. The Kier molecular flexibility index (Phi) is 3.66. The Hall–Kier alpha value is -1.55. The zero-order chi connectivity index (χ0) is 14.1. The van der Waals surface area contributed by atoms with Gasteiger partial charge >= 0.3 is 0 Å². The SMILES string of the molecule is CC1Cc2ccccc2N1C(C)C(=O)N1CCNCC1. The molecule has 2 unspecified atom stereocenters. The summed E-state index contributed by atoms with van der Waals surface area (Å²) in [5.74, 6) is 0.259. The molecular weight excluding hydrogens is 250 g/mol. The van der Waals surface area contributed by atoms with Crippen LogP contribution < -0.4 is 10.2 Å². The van der Waals surface area contributed by atoms with Crippen molar-refractivity contribution in [1.82, 2.24) is 10.2 Å². The van der Waals surface area contributed by atoms with E-state index in [1.165, 1.54) is 11.3 Å². The number of fused-ring (bicyclic) bond motifs is 1. The van der Waals surface area contributed by atoms with Gasteiger partial charge in [0.15, 0.2) is 0 Å². The van der Waals surface area contributed by atoms with E-state index < -0.39 is 0 Å². The van der Waals surface area contributed by atoms with Crippen molar-refractivity contribution in [2.45, 2.75) is 32.4 Å². The van der Waals surface area contributed by atoms with Crippen LogP contribution in [-0.4, -0.2) is 49.1 Å². The first-order valence-electron chi connectivity index (χ1n) is 7.54. The monoisotopic (exact) mass is 273 g/mol. The summed E-state index contributed by atoms with van der Waals surface area (Å²) in [5.41, 5.74) is 2.59. The van der Waals surface area contributed by atoms with E-state index in [2.05, 4.69) is 41.4 Å². The van der Waals surface area contributed by atoms with Crippen LogP contribution in [0.15, 0.2) is 24.3 Å². The molecule has 1 amide bonds. The molecule has 2 aliphatic heterocycles. The van der Waals surface area contributed by atoms with Crippen molar-refractivity contribution in [3.8, 4) is 0 Å². The molecule has 2 atom stereocenters. The second-order valence-electron chi connectivity index (χ2n) is 5.84. The van der Waals surface area contributed by atoms with Crippen LogP contribution in [0.2, 0.25) is 0 Å². The summed E-state index contributed by atoms with van der Waals surface area (Å²) in [6, 6.07) is 8.78. The van der Waals surface area contributed by atoms with Crippen molar-refractivity contribution < 1.29 is 4.79 Å². The highest BCUT2D eigenvalue weighted by atomic mass is 16.2. The number of para-hydroxylation sites is 1. The van der Waals surface area contributed by atoms with Gasteiger partial charge in [0, 0.05) is 37.9 Å². The van der Waals surface area contributed by atoms with Gasteiger partial charge < -0.3 is 15.1 Å². The summed E-state index contributed by atoms with van der Waals surface area (Å²) >= 11 is 0. The Morgan fingerprint density at radius 2 is 2.00 bits per heavy atom. The van der Waals surface area contributed by atoms with Crippen LogP contribution in [-0.2, 0) is 11.2 Å². The van der Waals surface area contributed by atoms with Gasteiger partial charge in [-0.3, -0.25) is 4.79 Å². The number of rotatable bonds is 2. The minimum atomic E-state index is -0.0771. The molecule has 1 aromatic rings. The molecule has 4 heteroatoms. The van der Waals surface area contributed by atoms with Gasteiger partial charge in [0.1, 0.15) is 6.04 Å². The molecule has 0 aliphatic carbocycles. The number of hydrogen-bond acceptors (Lipinski definition) is 3. The zero-order valence-electron chi connectivity index (χ0n) is 12.3. The van der Waals surface area contributed by atoms with Crippen LogP contribution in [0.4, 0.5) is 5.69 Å². The number of piperazine rings is 1. The molecule has 0 bridgehead atoms. The Bertz CT molecular complexity index is 496. The van der Waals surface area contributed by atoms with Gasteiger partial charge in [-0.15, -0.1) is 0 Å². The van der Waals surface area contributed by atoms with Gasteiger partial charge in [0.2, 0.25) is 5.91 Å². The van der Waals surface area contributed by atoms with Crippen molar-refractivity contribution in [1.29, 1.82) is 0 Å². The fraction of sp³-hybridized carbons (Fsp3) is 0.562. The maximum atomic E-state index is 12.7. The Labute approximate surface area is 120 Å². The lowest BCUT2D eigenvalue weighted by Gasteiger charge is -2.36. The standard InChI is InChI=1S/C16H23N3O/c1-12-11-14-5-3-4-6-15(14)19(12)13(2)16(20)18-9-7-17-8-10-18/h3-6,12-13,17H,7-11H2,1-2H3. The van der Waals surface area contributed by atoms with Crippen LogP contribution in [0.25, 0.3) is 0 Å². The molecule has 0 radical (unpaired) electrons. The first-order valence-corrected chi connectivity index (χ1v) is 7.54. The lowest BCUT2D eigenvalue weighted by Crippen LogP contribution is -2.54. The second-order valence-corrected chi connectivity index (χ2v) is 5.84. The van der Waals surface area contributed by atoms with Gasteiger partial charge in [-0.2, -0.15) is 0 Å². The lowest BCUT2D eigenvalue weighted by atomic mass is 10.1. The highest BCUT2D eigenvalue weighted by Crippen LogP contribution is 2.33. The molecule has 0 saturated carbocycles. The van der Waals surface area contributed by atoms with Crippen molar-refractivity contribution in [2.75, 3.05) is 31.1 Å². The number of hydrogen-bond donors (Lipinski definition) is 1. The van der Waals surface area contributed by atoms with Crippen molar-refractivity contribution in [3.63, 3.8) is 0 Å².